The van der Waals surface area contributed by atoms with Gasteiger partial charge in [-0.1, -0.05) is 18.0 Å². The Morgan fingerprint density at radius 2 is 2.08 bits per heavy atom. The second-order valence-corrected chi connectivity index (χ2v) is 6.53. The van der Waals surface area contributed by atoms with E-state index in [4.69, 9.17) is 11.6 Å². The van der Waals surface area contributed by atoms with E-state index in [1.54, 1.807) is 23.0 Å². The highest BCUT2D eigenvalue weighted by Crippen LogP contribution is 2.24. The van der Waals surface area contributed by atoms with E-state index >= 15 is 0 Å². The van der Waals surface area contributed by atoms with E-state index < -0.39 is 0 Å². The summed E-state index contributed by atoms with van der Waals surface area (Å²) in [6, 6.07) is 7.15. The summed E-state index contributed by atoms with van der Waals surface area (Å²) in [5.41, 5.74) is 1.81. The highest BCUT2D eigenvalue weighted by atomic mass is 35.5. The van der Waals surface area contributed by atoms with Crippen molar-refractivity contribution in [2.24, 2.45) is 5.92 Å². The van der Waals surface area contributed by atoms with E-state index in [-0.39, 0.29) is 18.1 Å². The van der Waals surface area contributed by atoms with Crippen molar-refractivity contribution in [3.63, 3.8) is 0 Å². The molecule has 24 heavy (non-hydrogen) atoms. The molecule has 2 amide bonds. The monoisotopic (exact) mass is 348 g/mol. The minimum Gasteiger partial charge on any atom is -0.393 e. The summed E-state index contributed by atoms with van der Waals surface area (Å²) in [5, 5.41) is 20.3. The number of nitrogens with one attached hydrogen (secondary N) is 2. The zero-order valence-electron chi connectivity index (χ0n) is 13.3. The van der Waals surface area contributed by atoms with E-state index in [1.807, 2.05) is 18.3 Å². The molecule has 1 aromatic heterocycles. The fourth-order valence-electron chi connectivity index (χ4n) is 2.91. The maximum atomic E-state index is 11.8. The van der Waals surface area contributed by atoms with Crippen LogP contribution >= 0.6 is 11.6 Å². The zero-order valence-corrected chi connectivity index (χ0v) is 14.0. The molecule has 1 aliphatic rings. The Kier molecular flexibility index (Phi) is 5.37. The molecule has 128 valence electrons. The van der Waals surface area contributed by atoms with Crippen molar-refractivity contribution in [2.75, 3.05) is 6.54 Å². The Labute approximate surface area is 145 Å². The van der Waals surface area contributed by atoms with Gasteiger partial charge in [-0.25, -0.2) is 9.48 Å². The van der Waals surface area contributed by atoms with Crippen molar-refractivity contribution < 1.29 is 9.90 Å². The van der Waals surface area contributed by atoms with Gasteiger partial charge in [0.15, 0.2) is 0 Å². The molecule has 1 aliphatic carbocycles. The third-order valence-electron chi connectivity index (χ3n) is 4.32. The Balaban J connectivity index is 1.46. The Bertz CT molecular complexity index is 686. The molecular formula is C17H21ClN4O2. The van der Waals surface area contributed by atoms with Gasteiger partial charge in [0.25, 0.3) is 0 Å². The van der Waals surface area contributed by atoms with Crippen LogP contribution in [0.15, 0.2) is 36.7 Å². The summed E-state index contributed by atoms with van der Waals surface area (Å²) in [7, 11) is 0. The van der Waals surface area contributed by atoms with Crippen molar-refractivity contribution in [1.82, 2.24) is 20.4 Å². The van der Waals surface area contributed by atoms with Crippen LogP contribution < -0.4 is 10.6 Å². The van der Waals surface area contributed by atoms with E-state index in [9.17, 15) is 9.90 Å². The predicted octanol–water partition coefficient (Wildman–Crippen LogP) is 2.49. The second kappa shape index (κ2) is 7.68. The summed E-state index contributed by atoms with van der Waals surface area (Å²) in [6.45, 7) is 0.906. The summed E-state index contributed by atoms with van der Waals surface area (Å²) >= 11 is 5.87. The number of benzene rings is 1. The number of aliphatic hydroxyl groups excluding tert-OH is 1. The molecule has 1 aromatic carbocycles. The number of rotatable bonds is 5. The quantitative estimate of drug-likeness (QED) is 0.776. The van der Waals surface area contributed by atoms with Gasteiger partial charge in [-0.15, -0.1) is 0 Å². The zero-order chi connectivity index (χ0) is 16.9. The van der Waals surface area contributed by atoms with E-state index in [0.717, 1.165) is 30.5 Å². The largest absolute Gasteiger partial charge is 0.393 e. The highest BCUT2D eigenvalue weighted by Gasteiger charge is 2.25. The van der Waals surface area contributed by atoms with Crippen molar-refractivity contribution >= 4 is 17.6 Å². The first-order valence-electron chi connectivity index (χ1n) is 8.11. The minimum absolute atomic E-state index is 0.170. The van der Waals surface area contributed by atoms with Crippen LogP contribution in [-0.2, 0) is 6.54 Å². The Morgan fingerprint density at radius 1 is 1.29 bits per heavy atom. The van der Waals surface area contributed by atoms with Crippen LogP contribution in [0.25, 0.3) is 5.69 Å². The molecule has 2 atom stereocenters. The van der Waals surface area contributed by atoms with Crippen molar-refractivity contribution in [3.05, 3.63) is 47.2 Å². The lowest BCUT2D eigenvalue weighted by molar-refractivity contribution is 0.132. The fraction of sp³-hybridized carbons (Fsp3) is 0.412. The van der Waals surface area contributed by atoms with Gasteiger partial charge in [-0.05, 0) is 37.1 Å². The molecule has 1 heterocycles. The first kappa shape index (κ1) is 16.8. The van der Waals surface area contributed by atoms with Crippen LogP contribution in [0.5, 0.6) is 0 Å². The molecule has 7 heteroatoms. The number of urea groups is 1. The average Bonchev–Trinajstić information content (AvgIpc) is 3.21. The number of carbonyl (C=O) groups is 1. The summed E-state index contributed by atoms with van der Waals surface area (Å²) in [5.74, 6) is 0.170. The highest BCUT2D eigenvalue weighted by molar-refractivity contribution is 6.30. The average molecular weight is 349 g/mol. The topological polar surface area (TPSA) is 79.2 Å². The standard InChI is InChI=1S/C17H21ClN4O2/c18-14-4-6-15(7-5-14)22-11-12(9-21-22)8-19-17(24)20-10-13-2-1-3-16(13)23/h4-7,9,11,13,16,23H,1-3,8,10H2,(H2,19,20,24)/t13-,16-/m1/s1. The molecule has 3 rings (SSSR count). The predicted molar refractivity (Wildman–Crippen MR) is 92.2 cm³/mol. The summed E-state index contributed by atoms with van der Waals surface area (Å²) < 4.78 is 1.74. The number of nitrogens with zero attached hydrogens (tertiary/aromatic N) is 2. The van der Waals surface area contributed by atoms with Gasteiger partial charge in [0.1, 0.15) is 0 Å². The number of hydrogen-bond acceptors (Lipinski definition) is 3. The molecular weight excluding hydrogens is 328 g/mol. The third-order valence-corrected chi connectivity index (χ3v) is 4.58. The lowest BCUT2D eigenvalue weighted by atomic mass is 10.1. The SMILES string of the molecule is O=C(NCc1cnn(-c2ccc(Cl)cc2)c1)NC[C@H]1CCC[C@H]1O. The lowest BCUT2D eigenvalue weighted by Crippen LogP contribution is -2.39. The van der Waals surface area contributed by atoms with Crippen molar-refractivity contribution in [1.29, 1.82) is 0 Å². The first-order chi connectivity index (χ1) is 11.6. The number of hydrogen-bond donors (Lipinski definition) is 3. The van der Waals surface area contributed by atoms with Crippen molar-refractivity contribution in [2.45, 2.75) is 31.9 Å². The number of halogens is 1. The molecule has 0 spiro atoms. The van der Waals surface area contributed by atoms with Crippen LogP contribution in [0.3, 0.4) is 0 Å². The number of amides is 2. The number of carbonyl (C=O) groups excluding carboxylic acids is 1. The van der Waals surface area contributed by atoms with Gasteiger partial charge in [0.2, 0.25) is 0 Å². The Morgan fingerprint density at radius 3 is 2.79 bits per heavy atom. The maximum absolute atomic E-state index is 11.8. The van der Waals surface area contributed by atoms with E-state index in [0.29, 0.717) is 18.1 Å². The molecule has 1 saturated carbocycles. The third kappa shape index (κ3) is 4.27. The summed E-state index contributed by atoms with van der Waals surface area (Å²) in [6.07, 6.45) is 6.12. The minimum atomic E-state index is -0.289. The first-order valence-corrected chi connectivity index (χ1v) is 8.49. The lowest BCUT2D eigenvalue weighted by Gasteiger charge is -2.15. The number of aromatic nitrogens is 2. The van der Waals surface area contributed by atoms with Gasteiger partial charge in [0.05, 0.1) is 18.0 Å². The van der Waals surface area contributed by atoms with Crippen LogP contribution in [0.2, 0.25) is 5.02 Å². The van der Waals surface area contributed by atoms with Crippen LogP contribution in [-0.4, -0.2) is 33.6 Å². The molecule has 3 N–H and O–H groups in total. The van der Waals surface area contributed by atoms with Gasteiger partial charge in [-0.3, -0.25) is 0 Å². The molecule has 1 fully saturated rings. The van der Waals surface area contributed by atoms with Crippen LogP contribution in [0.4, 0.5) is 4.79 Å². The maximum Gasteiger partial charge on any atom is 0.315 e. The van der Waals surface area contributed by atoms with Gasteiger partial charge < -0.3 is 15.7 Å². The van der Waals surface area contributed by atoms with Crippen LogP contribution in [0, 0.1) is 5.92 Å². The molecule has 6 nitrogen and oxygen atoms in total. The van der Waals surface area contributed by atoms with Crippen molar-refractivity contribution in [3.8, 4) is 5.69 Å². The Hall–Kier alpha value is -2.05. The smallest absolute Gasteiger partial charge is 0.315 e. The van der Waals surface area contributed by atoms with Crippen LogP contribution in [0.1, 0.15) is 24.8 Å². The number of aliphatic hydroxyl groups is 1. The van der Waals surface area contributed by atoms with Gasteiger partial charge in [-0.2, -0.15) is 5.10 Å². The van der Waals surface area contributed by atoms with Gasteiger partial charge >= 0.3 is 6.03 Å². The second-order valence-electron chi connectivity index (χ2n) is 6.09. The molecule has 0 radical (unpaired) electrons. The molecule has 0 bridgehead atoms. The fourth-order valence-corrected chi connectivity index (χ4v) is 3.04. The van der Waals surface area contributed by atoms with E-state index in [2.05, 4.69) is 15.7 Å². The molecule has 0 unspecified atom stereocenters. The van der Waals surface area contributed by atoms with Gasteiger partial charge in [0, 0.05) is 35.8 Å². The molecule has 0 saturated heterocycles. The molecule has 0 aliphatic heterocycles. The normalized spacial score (nSPS) is 20.1. The summed E-state index contributed by atoms with van der Waals surface area (Å²) in [4.78, 5) is 11.8. The molecule has 2 aromatic rings. The van der Waals surface area contributed by atoms with E-state index in [1.165, 1.54) is 0 Å².